The van der Waals surface area contributed by atoms with E-state index in [-0.39, 0.29) is 5.91 Å². The SMILES string of the molecule is Cc1ccc(C(=O)N2CC=CN2N)cc1. The fourth-order valence-corrected chi connectivity index (χ4v) is 1.46. The molecule has 1 amide bonds. The van der Waals surface area contributed by atoms with Crippen LogP contribution in [-0.4, -0.2) is 22.6 Å². The minimum atomic E-state index is -0.0810. The second-order valence-corrected chi connectivity index (χ2v) is 3.52. The van der Waals surface area contributed by atoms with Crippen LogP contribution in [0.2, 0.25) is 0 Å². The number of hydrogen-bond acceptors (Lipinski definition) is 3. The normalized spacial score (nSPS) is 14.8. The predicted octanol–water partition coefficient (Wildman–Crippen LogP) is 1.06. The number of carbonyl (C=O) groups is 1. The minimum absolute atomic E-state index is 0.0810. The van der Waals surface area contributed by atoms with Crippen LogP contribution in [0, 0.1) is 6.92 Å². The van der Waals surface area contributed by atoms with Crippen LogP contribution in [0.1, 0.15) is 15.9 Å². The van der Waals surface area contributed by atoms with Crippen molar-refractivity contribution in [2.45, 2.75) is 6.92 Å². The molecule has 1 aromatic carbocycles. The average Bonchev–Trinajstić information content (AvgIpc) is 2.65. The van der Waals surface area contributed by atoms with Crippen molar-refractivity contribution in [2.75, 3.05) is 6.54 Å². The highest BCUT2D eigenvalue weighted by molar-refractivity contribution is 5.94. The molecule has 0 atom stereocenters. The number of rotatable bonds is 1. The smallest absolute Gasteiger partial charge is 0.267 e. The third-order valence-electron chi connectivity index (χ3n) is 2.35. The van der Waals surface area contributed by atoms with Crippen molar-refractivity contribution < 1.29 is 4.79 Å². The monoisotopic (exact) mass is 203 g/mol. The summed E-state index contributed by atoms with van der Waals surface area (Å²) in [6.45, 7) is 2.52. The minimum Gasteiger partial charge on any atom is -0.267 e. The summed E-state index contributed by atoms with van der Waals surface area (Å²) < 4.78 is 0. The van der Waals surface area contributed by atoms with Crippen LogP contribution in [0.4, 0.5) is 0 Å². The Kier molecular flexibility index (Phi) is 2.43. The number of hydrazine groups is 2. The number of aryl methyl sites for hydroxylation is 1. The van der Waals surface area contributed by atoms with Crippen molar-refractivity contribution in [3.63, 3.8) is 0 Å². The number of hydrogen-bond donors (Lipinski definition) is 1. The first-order valence-corrected chi connectivity index (χ1v) is 4.77. The van der Waals surface area contributed by atoms with Gasteiger partial charge in [-0.1, -0.05) is 17.7 Å². The number of amides is 1. The summed E-state index contributed by atoms with van der Waals surface area (Å²) in [6.07, 6.45) is 3.51. The summed E-state index contributed by atoms with van der Waals surface area (Å²) in [5.41, 5.74) is 1.79. The number of nitrogens with two attached hydrogens (primary N) is 1. The summed E-state index contributed by atoms with van der Waals surface area (Å²) in [6, 6.07) is 7.45. The van der Waals surface area contributed by atoms with Crippen molar-refractivity contribution in [3.05, 3.63) is 47.7 Å². The van der Waals surface area contributed by atoms with Crippen LogP contribution in [-0.2, 0) is 0 Å². The largest absolute Gasteiger partial charge is 0.273 e. The zero-order chi connectivity index (χ0) is 10.8. The Balaban J connectivity index is 2.18. The van der Waals surface area contributed by atoms with Crippen LogP contribution in [0.5, 0.6) is 0 Å². The molecular weight excluding hydrogens is 190 g/mol. The molecule has 0 saturated carbocycles. The van der Waals surface area contributed by atoms with E-state index in [0.717, 1.165) is 5.56 Å². The van der Waals surface area contributed by atoms with Gasteiger partial charge in [-0.25, -0.2) is 16.0 Å². The lowest BCUT2D eigenvalue weighted by molar-refractivity contribution is 0.0323. The van der Waals surface area contributed by atoms with Gasteiger partial charge in [-0.2, -0.15) is 0 Å². The first-order valence-electron chi connectivity index (χ1n) is 4.77. The van der Waals surface area contributed by atoms with Crippen molar-refractivity contribution in [1.82, 2.24) is 10.1 Å². The lowest BCUT2D eigenvalue weighted by atomic mass is 10.1. The summed E-state index contributed by atoms with van der Waals surface area (Å²) >= 11 is 0. The van der Waals surface area contributed by atoms with Gasteiger partial charge in [0, 0.05) is 11.8 Å². The van der Waals surface area contributed by atoms with Crippen LogP contribution < -0.4 is 5.84 Å². The predicted molar refractivity (Wildman–Crippen MR) is 57.4 cm³/mol. The highest BCUT2D eigenvalue weighted by Crippen LogP contribution is 2.11. The highest BCUT2D eigenvalue weighted by atomic mass is 16.2. The third kappa shape index (κ3) is 1.85. The Morgan fingerprint density at radius 2 is 2.00 bits per heavy atom. The molecule has 0 radical (unpaired) electrons. The van der Waals surface area contributed by atoms with E-state index in [1.165, 1.54) is 10.1 Å². The lowest BCUT2D eigenvalue weighted by Gasteiger charge is -2.24. The summed E-state index contributed by atoms with van der Waals surface area (Å²) in [7, 11) is 0. The van der Waals surface area contributed by atoms with Gasteiger partial charge < -0.3 is 0 Å². The van der Waals surface area contributed by atoms with E-state index in [9.17, 15) is 4.79 Å². The molecule has 2 N–H and O–H groups in total. The lowest BCUT2D eigenvalue weighted by Crippen LogP contribution is -2.44. The van der Waals surface area contributed by atoms with Gasteiger partial charge in [0.25, 0.3) is 5.91 Å². The van der Waals surface area contributed by atoms with Gasteiger partial charge in [0.2, 0.25) is 0 Å². The van der Waals surface area contributed by atoms with E-state index < -0.39 is 0 Å². The molecule has 0 aliphatic carbocycles. The molecular formula is C11H13N3O. The molecule has 4 heteroatoms. The van der Waals surface area contributed by atoms with Gasteiger partial charge in [0.15, 0.2) is 0 Å². The zero-order valence-electron chi connectivity index (χ0n) is 8.55. The van der Waals surface area contributed by atoms with E-state index in [0.29, 0.717) is 12.1 Å². The van der Waals surface area contributed by atoms with E-state index in [4.69, 9.17) is 5.84 Å². The van der Waals surface area contributed by atoms with Crippen molar-refractivity contribution in [1.29, 1.82) is 0 Å². The maximum Gasteiger partial charge on any atom is 0.273 e. The fourth-order valence-electron chi connectivity index (χ4n) is 1.46. The summed E-state index contributed by atoms with van der Waals surface area (Å²) in [5.74, 6) is 5.52. The second kappa shape index (κ2) is 3.74. The van der Waals surface area contributed by atoms with Gasteiger partial charge in [-0.05, 0) is 25.1 Å². The Morgan fingerprint density at radius 1 is 1.33 bits per heavy atom. The topological polar surface area (TPSA) is 49.6 Å². The first kappa shape index (κ1) is 9.73. The van der Waals surface area contributed by atoms with Gasteiger partial charge in [-0.3, -0.25) is 4.79 Å². The quantitative estimate of drug-likeness (QED) is 0.694. The number of benzene rings is 1. The van der Waals surface area contributed by atoms with Gasteiger partial charge in [0.1, 0.15) is 0 Å². The van der Waals surface area contributed by atoms with Crippen molar-refractivity contribution >= 4 is 5.91 Å². The summed E-state index contributed by atoms with van der Waals surface area (Å²) in [4.78, 5) is 11.9. The van der Waals surface area contributed by atoms with E-state index in [1.54, 1.807) is 6.20 Å². The molecule has 0 unspecified atom stereocenters. The standard InChI is InChI=1S/C11H13N3O/c1-9-3-5-10(6-4-9)11(15)13-7-2-8-14(13)12/h2-6,8H,7,12H2,1H3. The van der Waals surface area contributed by atoms with Crippen LogP contribution >= 0.6 is 0 Å². The Hall–Kier alpha value is -1.81. The number of nitrogens with zero attached hydrogens (tertiary/aromatic N) is 2. The third-order valence-corrected chi connectivity index (χ3v) is 2.35. The van der Waals surface area contributed by atoms with E-state index >= 15 is 0 Å². The molecule has 0 bridgehead atoms. The molecule has 78 valence electrons. The Bertz CT molecular complexity index is 397. The molecule has 0 fully saturated rings. The van der Waals surface area contributed by atoms with Gasteiger partial charge in [-0.15, -0.1) is 0 Å². The molecule has 0 aromatic heterocycles. The molecule has 0 spiro atoms. The molecule has 4 nitrogen and oxygen atoms in total. The molecule has 0 saturated heterocycles. The van der Waals surface area contributed by atoms with Gasteiger partial charge in [0.05, 0.1) is 6.54 Å². The van der Waals surface area contributed by atoms with Crippen molar-refractivity contribution in [2.24, 2.45) is 5.84 Å². The van der Waals surface area contributed by atoms with Gasteiger partial charge >= 0.3 is 0 Å². The average molecular weight is 203 g/mol. The molecule has 2 rings (SSSR count). The Labute approximate surface area is 88.5 Å². The molecule has 1 aromatic rings. The van der Waals surface area contributed by atoms with E-state index in [2.05, 4.69) is 0 Å². The molecule has 1 aliphatic rings. The second-order valence-electron chi connectivity index (χ2n) is 3.52. The maximum atomic E-state index is 11.9. The zero-order valence-corrected chi connectivity index (χ0v) is 8.55. The highest BCUT2D eigenvalue weighted by Gasteiger charge is 2.20. The first-order chi connectivity index (χ1) is 7.18. The van der Waals surface area contributed by atoms with Crippen LogP contribution in [0.3, 0.4) is 0 Å². The fraction of sp³-hybridized carbons (Fsp3) is 0.182. The van der Waals surface area contributed by atoms with Crippen molar-refractivity contribution in [3.8, 4) is 0 Å². The van der Waals surface area contributed by atoms with E-state index in [1.807, 2.05) is 37.3 Å². The molecule has 1 aliphatic heterocycles. The van der Waals surface area contributed by atoms with Crippen LogP contribution in [0.25, 0.3) is 0 Å². The molecule has 15 heavy (non-hydrogen) atoms. The number of carbonyl (C=O) groups excluding carboxylic acids is 1. The molecule has 1 heterocycles. The van der Waals surface area contributed by atoms with Crippen LogP contribution in [0.15, 0.2) is 36.5 Å². The summed E-state index contributed by atoms with van der Waals surface area (Å²) in [5, 5.41) is 2.78. The maximum absolute atomic E-state index is 11.9. The Morgan fingerprint density at radius 3 is 2.53 bits per heavy atom.